The van der Waals surface area contributed by atoms with E-state index in [2.05, 4.69) is 6.92 Å². The molecule has 2 aromatic rings. The Morgan fingerprint density at radius 1 is 1.09 bits per heavy atom. The van der Waals surface area contributed by atoms with Gasteiger partial charge in [-0.3, -0.25) is 4.79 Å². The number of methoxy groups -OCH3 is 1. The first kappa shape index (κ1) is 24.4. The largest absolute Gasteiger partial charge is 0.497 e. The van der Waals surface area contributed by atoms with Crippen LogP contribution in [0.4, 0.5) is 0 Å². The van der Waals surface area contributed by atoms with Crippen molar-refractivity contribution in [3.05, 3.63) is 48.5 Å². The fourth-order valence-corrected chi connectivity index (χ4v) is 6.30. The van der Waals surface area contributed by atoms with Gasteiger partial charge in [-0.1, -0.05) is 6.92 Å². The van der Waals surface area contributed by atoms with Gasteiger partial charge in [-0.25, -0.2) is 8.42 Å². The molecular formula is C23H29NO6S2. The van der Waals surface area contributed by atoms with Gasteiger partial charge in [-0.2, -0.15) is 0 Å². The van der Waals surface area contributed by atoms with Gasteiger partial charge in [0.15, 0.2) is 14.6 Å². The van der Waals surface area contributed by atoms with E-state index in [0.29, 0.717) is 12.4 Å². The molecule has 0 radical (unpaired) electrons. The van der Waals surface area contributed by atoms with E-state index in [0.717, 1.165) is 16.4 Å². The lowest BCUT2D eigenvalue weighted by molar-refractivity contribution is -0.122. The van der Waals surface area contributed by atoms with Crippen LogP contribution in [0.15, 0.2) is 58.3 Å². The Morgan fingerprint density at radius 3 is 2.25 bits per heavy atom. The van der Waals surface area contributed by atoms with Crippen molar-refractivity contribution in [3.8, 4) is 11.5 Å². The minimum Gasteiger partial charge on any atom is -0.497 e. The number of hydrogen-bond donors (Lipinski definition) is 1. The summed E-state index contributed by atoms with van der Waals surface area (Å²) in [6.45, 7) is 2.97. The van der Waals surface area contributed by atoms with Gasteiger partial charge in [0, 0.05) is 23.9 Å². The second kappa shape index (κ2) is 10.6. The summed E-state index contributed by atoms with van der Waals surface area (Å²) in [5, 5.41) is 0. The van der Waals surface area contributed by atoms with Crippen LogP contribution >= 0.6 is 11.8 Å². The first-order valence-corrected chi connectivity index (χ1v) is 12.9. The Balaban J connectivity index is 1.57. The molecule has 32 heavy (non-hydrogen) atoms. The molecule has 9 heteroatoms. The van der Waals surface area contributed by atoms with Crippen LogP contribution in [0.2, 0.25) is 0 Å². The van der Waals surface area contributed by atoms with Crippen molar-refractivity contribution in [3.63, 3.8) is 0 Å². The number of amides is 1. The fourth-order valence-electron chi connectivity index (χ4n) is 3.49. The third-order valence-corrected chi connectivity index (χ3v) is 9.40. The summed E-state index contributed by atoms with van der Waals surface area (Å²) in [6, 6.07) is 14.1. The highest BCUT2D eigenvalue weighted by Crippen LogP contribution is 2.35. The van der Waals surface area contributed by atoms with Crippen molar-refractivity contribution >= 4 is 27.5 Å². The van der Waals surface area contributed by atoms with Gasteiger partial charge in [0.25, 0.3) is 0 Å². The molecule has 7 nitrogen and oxygen atoms in total. The average molecular weight is 480 g/mol. The molecule has 1 amide bonds. The predicted molar refractivity (Wildman–Crippen MR) is 124 cm³/mol. The van der Waals surface area contributed by atoms with Gasteiger partial charge >= 0.3 is 0 Å². The summed E-state index contributed by atoms with van der Waals surface area (Å²) < 4.78 is 41.0. The van der Waals surface area contributed by atoms with Crippen LogP contribution < -0.4 is 15.2 Å². The van der Waals surface area contributed by atoms with Crippen molar-refractivity contribution in [1.82, 2.24) is 0 Å². The lowest BCUT2D eigenvalue weighted by atomic mass is 9.98. The minimum absolute atomic E-state index is 0.0618. The SMILES string of the molecule is COc1ccc(SC[C@H](C)COc2ccc(S(=O)(=O)C3(C(N)=O)CCOCC3)cc2)cc1. The van der Waals surface area contributed by atoms with E-state index in [9.17, 15) is 13.2 Å². The van der Waals surface area contributed by atoms with Crippen LogP contribution in [0.1, 0.15) is 19.8 Å². The molecule has 1 atom stereocenters. The van der Waals surface area contributed by atoms with Gasteiger partial charge in [-0.15, -0.1) is 11.8 Å². The number of rotatable bonds is 10. The summed E-state index contributed by atoms with van der Waals surface area (Å²) in [4.78, 5) is 13.3. The zero-order valence-electron chi connectivity index (χ0n) is 18.3. The Kier molecular flexibility index (Phi) is 8.08. The second-order valence-corrected chi connectivity index (χ2v) is 11.2. The number of ether oxygens (including phenoxy) is 3. The molecule has 1 heterocycles. The Bertz CT molecular complexity index is 1000. The number of sulfone groups is 1. The van der Waals surface area contributed by atoms with Gasteiger partial charge in [0.1, 0.15) is 11.5 Å². The number of hydrogen-bond acceptors (Lipinski definition) is 7. The molecule has 0 aliphatic carbocycles. The van der Waals surface area contributed by atoms with E-state index >= 15 is 0 Å². The lowest BCUT2D eigenvalue weighted by Gasteiger charge is -2.33. The average Bonchev–Trinajstić information content (AvgIpc) is 2.82. The number of carbonyl (C=O) groups is 1. The topological polar surface area (TPSA) is 105 Å². The van der Waals surface area contributed by atoms with Crippen LogP contribution in [-0.4, -0.2) is 51.8 Å². The van der Waals surface area contributed by atoms with Crippen LogP contribution in [0.5, 0.6) is 11.5 Å². The predicted octanol–water partition coefficient (Wildman–Crippen LogP) is 3.31. The summed E-state index contributed by atoms with van der Waals surface area (Å²) in [5.74, 6) is 1.73. The van der Waals surface area contributed by atoms with E-state index in [1.807, 2.05) is 24.3 Å². The highest BCUT2D eigenvalue weighted by atomic mass is 32.2. The van der Waals surface area contributed by atoms with E-state index in [1.54, 1.807) is 31.0 Å². The van der Waals surface area contributed by atoms with E-state index in [1.165, 1.54) is 12.1 Å². The molecule has 0 bridgehead atoms. The smallest absolute Gasteiger partial charge is 0.239 e. The summed E-state index contributed by atoms with van der Waals surface area (Å²) in [5.41, 5.74) is 5.51. The third-order valence-electron chi connectivity index (χ3n) is 5.53. The molecule has 0 saturated carbocycles. The molecule has 2 aromatic carbocycles. The molecule has 2 N–H and O–H groups in total. The number of benzene rings is 2. The lowest BCUT2D eigenvalue weighted by Crippen LogP contribution is -2.53. The number of nitrogens with two attached hydrogens (primary N) is 1. The van der Waals surface area contributed by atoms with Crippen LogP contribution in [-0.2, 0) is 19.4 Å². The summed E-state index contributed by atoms with van der Waals surface area (Å²) in [6.07, 6.45) is 0.124. The molecule has 0 aromatic heterocycles. The quantitative estimate of drug-likeness (QED) is 0.521. The van der Waals surface area contributed by atoms with Gasteiger partial charge in [0.2, 0.25) is 5.91 Å². The zero-order chi connectivity index (χ0) is 23.2. The summed E-state index contributed by atoms with van der Waals surface area (Å²) >= 11 is 1.74. The van der Waals surface area contributed by atoms with E-state index < -0.39 is 20.5 Å². The van der Waals surface area contributed by atoms with Crippen molar-refractivity contribution in [2.45, 2.75) is 34.3 Å². The highest BCUT2D eigenvalue weighted by molar-refractivity contribution is 7.99. The first-order valence-electron chi connectivity index (χ1n) is 10.4. The zero-order valence-corrected chi connectivity index (χ0v) is 19.9. The molecule has 0 unspecified atom stereocenters. The maximum absolute atomic E-state index is 13.2. The molecule has 0 spiro atoms. The Labute approximate surface area is 193 Å². The maximum atomic E-state index is 13.2. The second-order valence-electron chi connectivity index (χ2n) is 7.85. The standard InChI is InChI=1S/C23H29NO6S2/c1-17(16-31-20-7-3-18(28-2)4-8-20)15-30-19-5-9-21(10-6-19)32(26,27)23(22(24)25)11-13-29-14-12-23/h3-10,17H,11-16H2,1-2H3,(H2,24,25)/t17-/m1/s1. The van der Waals surface area contributed by atoms with Crippen LogP contribution in [0, 0.1) is 5.92 Å². The van der Waals surface area contributed by atoms with Crippen LogP contribution in [0.25, 0.3) is 0 Å². The third kappa shape index (κ3) is 5.39. The normalized spacial score (nSPS) is 16.8. The minimum atomic E-state index is -3.94. The molecule has 1 saturated heterocycles. The fraction of sp³-hybridized carbons (Fsp3) is 0.435. The molecule has 1 fully saturated rings. The monoisotopic (exact) mass is 479 g/mol. The Morgan fingerprint density at radius 2 is 1.69 bits per heavy atom. The van der Waals surface area contributed by atoms with E-state index in [4.69, 9.17) is 19.9 Å². The molecular weight excluding hydrogens is 450 g/mol. The van der Waals surface area contributed by atoms with Crippen molar-refractivity contribution in [2.75, 3.05) is 32.7 Å². The highest BCUT2D eigenvalue weighted by Gasteiger charge is 2.51. The van der Waals surface area contributed by atoms with Crippen molar-refractivity contribution in [1.29, 1.82) is 0 Å². The number of thioether (sulfide) groups is 1. The van der Waals surface area contributed by atoms with Gasteiger partial charge in [-0.05, 0) is 67.3 Å². The van der Waals surface area contributed by atoms with Gasteiger partial charge in [0.05, 0.1) is 18.6 Å². The summed E-state index contributed by atoms with van der Waals surface area (Å²) in [7, 11) is -2.29. The maximum Gasteiger partial charge on any atom is 0.239 e. The first-order chi connectivity index (χ1) is 15.3. The van der Waals surface area contributed by atoms with Crippen molar-refractivity contribution in [2.24, 2.45) is 11.7 Å². The van der Waals surface area contributed by atoms with Gasteiger partial charge < -0.3 is 19.9 Å². The van der Waals surface area contributed by atoms with Crippen molar-refractivity contribution < 1.29 is 27.4 Å². The molecule has 1 aliphatic heterocycles. The molecule has 3 rings (SSSR count). The molecule has 1 aliphatic rings. The number of primary amides is 1. The van der Waals surface area contributed by atoms with E-state index in [-0.39, 0.29) is 36.9 Å². The Hall–Kier alpha value is -2.23. The van der Waals surface area contributed by atoms with Crippen LogP contribution in [0.3, 0.4) is 0 Å². The number of carbonyl (C=O) groups excluding carboxylic acids is 1. The molecule has 174 valence electrons.